The Labute approximate surface area is 216 Å². The third-order valence-electron chi connectivity index (χ3n) is 6.12. The minimum Gasteiger partial charge on any atom is -0.490 e. The van der Waals surface area contributed by atoms with Gasteiger partial charge in [-0.1, -0.05) is 59.3 Å². The van der Waals surface area contributed by atoms with Crippen molar-refractivity contribution in [1.29, 1.82) is 0 Å². The first kappa shape index (κ1) is 30.1. The molecule has 11 heteroatoms. The van der Waals surface area contributed by atoms with Crippen LogP contribution >= 0.6 is 0 Å². The molecule has 9 nitrogen and oxygen atoms in total. The monoisotopic (exact) mass is 544 g/mol. The highest BCUT2D eigenvalue weighted by molar-refractivity contribution is 8.31. The number of nitrogens with zero attached hydrogens (tertiary/aromatic N) is 2. The van der Waals surface area contributed by atoms with E-state index in [-0.39, 0.29) is 18.1 Å². The zero-order chi connectivity index (χ0) is 26.6. The third-order valence-corrected chi connectivity index (χ3v) is 10.8. The summed E-state index contributed by atoms with van der Waals surface area (Å²) in [6.45, 7) is 6.90. The van der Waals surface area contributed by atoms with Gasteiger partial charge in [0.15, 0.2) is 11.5 Å². The van der Waals surface area contributed by atoms with E-state index in [4.69, 9.17) is 14.2 Å². The van der Waals surface area contributed by atoms with Crippen molar-refractivity contribution in [2.24, 2.45) is 0 Å². The van der Waals surface area contributed by atoms with E-state index in [1.54, 1.807) is 0 Å². The van der Waals surface area contributed by atoms with Gasteiger partial charge in [0.25, 0.3) is 19.7 Å². The number of unbranched alkanes of at least 4 members (excludes halogenated alkanes) is 3. The lowest BCUT2D eigenvalue weighted by Gasteiger charge is -2.21. The predicted octanol–water partition coefficient (Wildman–Crippen LogP) is 5.33. The molecule has 36 heavy (non-hydrogen) atoms. The van der Waals surface area contributed by atoms with E-state index in [0.717, 1.165) is 38.5 Å². The summed E-state index contributed by atoms with van der Waals surface area (Å²) in [5.41, 5.74) is 9.67. The highest BCUT2D eigenvalue weighted by Crippen LogP contribution is 2.44. The first-order valence-electron chi connectivity index (χ1n) is 13.0. The molecule has 0 heterocycles. The van der Waals surface area contributed by atoms with Gasteiger partial charge in [0, 0.05) is 0 Å². The van der Waals surface area contributed by atoms with Crippen LogP contribution in [0.25, 0.3) is 5.53 Å². The van der Waals surface area contributed by atoms with Crippen molar-refractivity contribution < 1.29 is 35.8 Å². The quantitative estimate of drug-likeness (QED) is 0.102. The van der Waals surface area contributed by atoms with Crippen molar-refractivity contribution >= 4 is 24.1 Å². The highest BCUT2D eigenvalue weighted by Gasteiger charge is 2.49. The first-order valence-corrected chi connectivity index (χ1v) is 16.0. The average Bonchev–Trinajstić information content (AvgIpc) is 2.86. The van der Waals surface area contributed by atoms with Crippen molar-refractivity contribution in [3.05, 3.63) is 17.7 Å². The third kappa shape index (κ3) is 7.46. The van der Waals surface area contributed by atoms with Crippen LogP contribution in [-0.2, 0) is 19.7 Å². The molecule has 1 aliphatic carbocycles. The van der Waals surface area contributed by atoms with Crippen LogP contribution in [0.3, 0.4) is 0 Å². The standard InChI is InChI=1S/C25H40N2O7S2/c1-4-7-17-32-21-15-16-22(24(34-19-9-6-3)23(21)33-18-8-5-2)36(30,31)25(27-26)35(28,29)20-13-11-10-12-14-20/h15-16,20H,4-14,17-19H2,1-3H3. The van der Waals surface area contributed by atoms with Crippen LogP contribution < -0.4 is 14.2 Å². The van der Waals surface area contributed by atoms with Crippen LogP contribution in [-0.4, -0.2) is 51.1 Å². The molecule has 204 valence electrons. The summed E-state index contributed by atoms with van der Waals surface area (Å²) in [7, 11) is -9.17. The number of hydrogen-bond acceptors (Lipinski definition) is 7. The molecule has 2 rings (SSSR count). The maximum Gasteiger partial charge on any atom is 0.500 e. The Balaban J connectivity index is 2.63. The molecule has 0 unspecified atom stereocenters. The number of hydrogen-bond donors (Lipinski definition) is 0. The molecule has 0 aliphatic heterocycles. The van der Waals surface area contributed by atoms with Crippen molar-refractivity contribution in [3.63, 3.8) is 0 Å². The minimum atomic E-state index is -4.77. The summed E-state index contributed by atoms with van der Waals surface area (Å²) in [5, 5.41) is -0.909. The van der Waals surface area contributed by atoms with Gasteiger partial charge in [0.05, 0.1) is 25.1 Å². The van der Waals surface area contributed by atoms with E-state index >= 15 is 0 Å². The Kier molecular flexibility index (Phi) is 12.2. The summed E-state index contributed by atoms with van der Waals surface area (Å²) >= 11 is 0. The van der Waals surface area contributed by atoms with Gasteiger partial charge in [-0.3, -0.25) is 0 Å². The topological polar surface area (TPSA) is 132 Å². The Morgan fingerprint density at radius 2 is 1.36 bits per heavy atom. The Bertz CT molecular complexity index is 1110. The molecule has 0 bridgehead atoms. The second-order valence-corrected chi connectivity index (χ2v) is 13.2. The van der Waals surface area contributed by atoms with Gasteiger partial charge in [-0.25, -0.2) is 16.8 Å². The molecule has 0 saturated heterocycles. The number of benzene rings is 1. The maximum atomic E-state index is 13.7. The van der Waals surface area contributed by atoms with E-state index in [0.29, 0.717) is 51.1 Å². The van der Waals surface area contributed by atoms with Crippen LogP contribution in [0.2, 0.25) is 0 Å². The summed E-state index contributed by atoms with van der Waals surface area (Å²) in [6.07, 6.45) is 7.62. The number of sulfone groups is 2. The molecule has 1 aromatic carbocycles. The molecule has 0 radical (unpaired) electrons. The molecule has 0 spiro atoms. The molecule has 1 fully saturated rings. The van der Waals surface area contributed by atoms with Crippen LogP contribution in [0.15, 0.2) is 17.0 Å². The van der Waals surface area contributed by atoms with Crippen molar-refractivity contribution in [2.45, 2.75) is 102 Å². The molecule has 1 aliphatic rings. The van der Waals surface area contributed by atoms with E-state index in [2.05, 4.69) is 4.79 Å². The summed E-state index contributed by atoms with van der Waals surface area (Å²) in [5.74, 6) is 0.320. The van der Waals surface area contributed by atoms with E-state index < -0.39 is 34.2 Å². The molecule has 0 atom stereocenters. The van der Waals surface area contributed by atoms with Crippen molar-refractivity contribution in [1.82, 2.24) is 0 Å². The predicted molar refractivity (Wildman–Crippen MR) is 139 cm³/mol. The molecule has 0 amide bonds. The van der Waals surface area contributed by atoms with Gasteiger partial charge in [-0.2, -0.15) is 0 Å². The van der Waals surface area contributed by atoms with Crippen LogP contribution in [0.5, 0.6) is 17.2 Å². The Hall–Kier alpha value is -2.10. The lowest BCUT2D eigenvalue weighted by molar-refractivity contribution is 0.00368. The Morgan fingerprint density at radius 1 is 0.833 bits per heavy atom. The lowest BCUT2D eigenvalue weighted by atomic mass is 10.0. The second-order valence-electron chi connectivity index (χ2n) is 9.00. The fraction of sp³-hybridized carbons (Fsp3) is 0.720. The molecular formula is C25H40N2O7S2. The van der Waals surface area contributed by atoms with Crippen LogP contribution in [0, 0.1) is 0 Å². The maximum absolute atomic E-state index is 13.7. The van der Waals surface area contributed by atoms with Crippen molar-refractivity contribution in [3.8, 4) is 17.2 Å². The first-order chi connectivity index (χ1) is 17.2. The zero-order valence-electron chi connectivity index (χ0n) is 21.7. The normalized spacial score (nSPS) is 14.8. The van der Waals surface area contributed by atoms with Crippen LogP contribution in [0.4, 0.5) is 0 Å². The summed E-state index contributed by atoms with van der Waals surface area (Å²) in [6, 6.07) is 2.69. The fourth-order valence-corrected chi connectivity index (χ4v) is 8.16. The molecule has 1 saturated carbocycles. The van der Waals surface area contributed by atoms with Gasteiger partial charge in [-0.15, -0.1) is 4.79 Å². The lowest BCUT2D eigenvalue weighted by Crippen LogP contribution is -2.35. The molecule has 0 aromatic heterocycles. The van der Waals surface area contributed by atoms with Gasteiger partial charge < -0.3 is 19.7 Å². The number of ether oxygens (including phenoxy) is 3. The number of rotatable bonds is 14. The van der Waals surface area contributed by atoms with Gasteiger partial charge in [0.1, 0.15) is 4.90 Å². The molecule has 1 aromatic rings. The smallest absolute Gasteiger partial charge is 0.490 e. The average molecular weight is 545 g/mol. The SMILES string of the molecule is CCCCOc1ccc(S(=O)(=O)C(=[N+]=[N-])S(=O)(=O)C2CCCCC2)c(OCCCC)c1OCCCC. The largest absolute Gasteiger partial charge is 0.500 e. The second kappa shape index (κ2) is 14.6. The van der Waals surface area contributed by atoms with E-state index in [1.165, 1.54) is 12.1 Å². The van der Waals surface area contributed by atoms with Gasteiger partial charge in [0.2, 0.25) is 5.75 Å². The van der Waals surface area contributed by atoms with E-state index in [1.807, 2.05) is 20.8 Å². The summed E-state index contributed by atoms with van der Waals surface area (Å²) < 4.78 is 70.5. The van der Waals surface area contributed by atoms with Crippen molar-refractivity contribution in [2.75, 3.05) is 19.8 Å². The summed E-state index contributed by atoms with van der Waals surface area (Å²) in [4.78, 5) is 2.41. The molecular weight excluding hydrogens is 504 g/mol. The molecule has 0 N–H and O–H groups in total. The minimum absolute atomic E-state index is 0.115. The van der Waals surface area contributed by atoms with Crippen LogP contribution in [0.1, 0.15) is 91.4 Å². The van der Waals surface area contributed by atoms with E-state index in [9.17, 15) is 22.4 Å². The fourth-order valence-electron chi connectivity index (χ4n) is 3.96. The zero-order valence-corrected chi connectivity index (χ0v) is 23.3. The Morgan fingerprint density at radius 3 is 1.89 bits per heavy atom. The van der Waals surface area contributed by atoms with Gasteiger partial charge in [-0.05, 0) is 44.2 Å². The van der Waals surface area contributed by atoms with Gasteiger partial charge >= 0.3 is 4.38 Å². The highest BCUT2D eigenvalue weighted by atomic mass is 32.3.